The molecule has 0 aliphatic carbocycles. The van der Waals surface area contributed by atoms with Gasteiger partial charge in [0.05, 0.1) is 17.3 Å². The molecule has 0 bridgehead atoms. The standard InChI is InChI=1S/C17H11F6N5/c18-16(19,20)10-3-1-5-12(7-10)25-14-9-24-28-15(27-14)26-13-6-2-4-11(8-13)17(21,22)23/h1-9H,(H2,25,26,27,28). The first-order valence-corrected chi connectivity index (χ1v) is 7.69. The van der Waals surface area contributed by atoms with E-state index < -0.39 is 23.5 Å². The molecule has 0 unspecified atom stereocenters. The van der Waals surface area contributed by atoms with E-state index in [2.05, 4.69) is 25.8 Å². The van der Waals surface area contributed by atoms with Crippen molar-refractivity contribution in [1.29, 1.82) is 0 Å². The topological polar surface area (TPSA) is 62.7 Å². The molecule has 11 heteroatoms. The highest BCUT2D eigenvalue weighted by atomic mass is 19.4. The summed E-state index contributed by atoms with van der Waals surface area (Å²) < 4.78 is 76.6. The zero-order valence-corrected chi connectivity index (χ0v) is 13.8. The number of hydrogen-bond donors (Lipinski definition) is 2. The number of benzene rings is 2. The van der Waals surface area contributed by atoms with Crippen LogP contribution >= 0.6 is 0 Å². The Hall–Kier alpha value is -3.37. The van der Waals surface area contributed by atoms with Crippen LogP contribution in [0.5, 0.6) is 0 Å². The molecule has 0 amide bonds. The van der Waals surface area contributed by atoms with Crippen molar-refractivity contribution in [3.63, 3.8) is 0 Å². The number of nitrogens with zero attached hydrogens (tertiary/aromatic N) is 3. The average molecular weight is 399 g/mol. The minimum absolute atomic E-state index is 0.0591. The van der Waals surface area contributed by atoms with Gasteiger partial charge in [0.15, 0.2) is 5.82 Å². The molecule has 0 saturated carbocycles. The lowest BCUT2D eigenvalue weighted by Crippen LogP contribution is -2.07. The van der Waals surface area contributed by atoms with E-state index in [1.54, 1.807) is 0 Å². The van der Waals surface area contributed by atoms with Gasteiger partial charge < -0.3 is 10.6 Å². The molecule has 3 aromatic rings. The van der Waals surface area contributed by atoms with Crippen LogP contribution in [0.25, 0.3) is 0 Å². The summed E-state index contributed by atoms with van der Waals surface area (Å²) in [6, 6.07) is 8.81. The number of anilines is 4. The maximum Gasteiger partial charge on any atom is 0.416 e. The second-order valence-electron chi connectivity index (χ2n) is 5.57. The molecule has 28 heavy (non-hydrogen) atoms. The highest BCUT2D eigenvalue weighted by molar-refractivity contribution is 5.59. The zero-order valence-electron chi connectivity index (χ0n) is 13.8. The number of halogens is 6. The third-order valence-corrected chi connectivity index (χ3v) is 3.47. The van der Waals surface area contributed by atoms with E-state index in [4.69, 9.17) is 0 Å². The number of rotatable bonds is 4. The lowest BCUT2D eigenvalue weighted by atomic mass is 10.2. The molecule has 0 atom stereocenters. The van der Waals surface area contributed by atoms with E-state index in [0.29, 0.717) is 0 Å². The Labute approximate surface area is 154 Å². The largest absolute Gasteiger partial charge is 0.416 e. The third-order valence-electron chi connectivity index (χ3n) is 3.47. The summed E-state index contributed by atoms with van der Waals surface area (Å²) in [5.41, 5.74) is -1.52. The zero-order chi connectivity index (χ0) is 20.4. The van der Waals surface area contributed by atoms with E-state index in [9.17, 15) is 26.3 Å². The molecule has 0 aliphatic heterocycles. The number of nitrogens with one attached hydrogen (secondary N) is 2. The summed E-state index contributed by atoms with van der Waals surface area (Å²) in [4.78, 5) is 3.99. The molecular weight excluding hydrogens is 388 g/mol. The van der Waals surface area contributed by atoms with Crippen molar-refractivity contribution in [1.82, 2.24) is 15.2 Å². The Kier molecular flexibility index (Phi) is 5.08. The van der Waals surface area contributed by atoms with Gasteiger partial charge in [-0.15, -0.1) is 5.10 Å². The monoisotopic (exact) mass is 399 g/mol. The van der Waals surface area contributed by atoms with Crippen LogP contribution < -0.4 is 10.6 Å². The maximum absolute atomic E-state index is 12.8. The van der Waals surface area contributed by atoms with Crippen LogP contribution in [0, 0.1) is 0 Å². The van der Waals surface area contributed by atoms with Crippen LogP contribution in [0.15, 0.2) is 54.7 Å². The highest BCUT2D eigenvalue weighted by Crippen LogP contribution is 2.32. The second-order valence-corrected chi connectivity index (χ2v) is 5.57. The van der Waals surface area contributed by atoms with E-state index in [1.807, 2.05) is 0 Å². The van der Waals surface area contributed by atoms with E-state index in [0.717, 1.165) is 30.5 Å². The van der Waals surface area contributed by atoms with Gasteiger partial charge in [-0.1, -0.05) is 12.1 Å². The highest BCUT2D eigenvalue weighted by Gasteiger charge is 2.31. The number of aromatic nitrogens is 3. The summed E-state index contributed by atoms with van der Waals surface area (Å²) in [7, 11) is 0. The first-order chi connectivity index (χ1) is 13.1. The molecule has 146 valence electrons. The molecule has 1 aromatic heterocycles. The van der Waals surface area contributed by atoms with Crippen molar-refractivity contribution in [3.05, 3.63) is 65.9 Å². The Morgan fingerprint density at radius 1 is 0.714 bits per heavy atom. The van der Waals surface area contributed by atoms with Gasteiger partial charge in [0, 0.05) is 11.4 Å². The fraction of sp³-hybridized carbons (Fsp3) is 0.118. The van der Waals surface area contributed by atoms with Crippen LogP contribution in [0.3, 0.4) is 0 Å². The molecular formula is C17H11F6N5. The maximum atomic E-state index is 12.8. The Balaban J connectivity index is 1.78. The molecule has 2 aromatic carbocycles. The van der Waals surface area contributed by atoms with Crippen LogP contribution in [0.4, 0.5) is 49.5 Å². The van der Waals surface area contributed by atoms with E-state index >= 15 is 0 Å². The SMILES string of the molecule is FC(F)(F)c1cccc(Nc2cnnc(Nc3cccc(C(F)(F)F)c3)n2)c1. The van der Waals surface area contributed by atoms with Gasteiger partial charge in [-0.2, -0.15) is 36.4 Å². The minimum Gasteiger partial charge on any atom is -0.339 e. The summed E-state index contributed by atoms with van der Waals surface area (Å²) >= 11 is 0. The third kappa shape index (κ3) is 4.87. The lowest BCUT2D eigenvalue weighted by Gasteiger charge is -2.11. The van der Waals surface area contributed by atoms with Gasteiger partial charge in [0.1, 0.15) is 0 Å². The molecule has 0 radical (unpaired) electrons. The number of hydrogen-bond acceptors (Lipinski definition) is 5. The van der Waals surface area contributed by atoms with Crippen molar-refractivity contribution in [2.75, 3.05) is 10.6 Å². The Morgan fingerprint density at radius 2 is 1.25 bits per heavy atom. The Bertz CT molecular complexity index is 896. The van der Waals surface area contributed by atoms with Crippen molar-refractivity contribution >= 4 is 23.1 Å². The average Bonchev–Trinajstić information content (AvgIpc) is 2.61. The van der Waals surface area contributed by atoms with Gasteiger partial charge in [-0.3, -0.25) is 0 Å². The molecule has 1 heterocycles. The summed E-state index contributed by atoms with van der Waals surface area (Å²) in [5, 5.41) is 12.5. The molecule has 0 spiro atoms. The Morgan fingerprint density at radius 3 is 1.79 bits per heavy atom. The van der Waals surface area contributed by atoms with Crippen LogP contribution in [0.1, 0.15) is 11.1 Å². The van der Waals surface area contributed by atoms with E-state index in [-0.39, 0.29) is 23.1 Å². The van der Waals surface area contributed by atoms with Gasteiger partial charge in [-0.25, -0.2) is 0 Å². The van der Waals surface area contributed by atoms with E-state index in [1.165, 1.54) is 24.3 Å². The van der Waals surface area contributed by atoms with Gasteiger partial charge in [0.2, 0.25) is 5.95 Å². The predicted octanol–water partition coefficient (Wildman–Crippen LogP) is 5.40. The lowest BCUT2D eigenvalue weighted by molar-refractivity contribution is -0.138. The number of alkyl halides is 6. The predicted molar refractivity (Wildman–Crippen MR) is 89.3 cm³/mol. The molecule has 5 nitrogen and oxygen atoms in total. The van der Waals surface area contributed by atoms with Crippen LogP contribution in [-0.4, -0.2) is 15.2 Å². The van der Waals surface area contributed by atoms with Crippen LogP contribution in [-0.2, 0) is 12.4 Å². The quantitative estimate of drug-likeness (QED) is 0.576. The van der Waals surface area contributed by atoms with Crippen LogP contribution in [0.2, 0.25) is 0 Å². The molecule has 3 rings (SSSR count). The molecule has 2 N–H and O–H groups in total. The summed E-state index contributed by atoms with van der Waals surface area (Å²) in [6.07, 6.45) is -7.85. The smallest absolute Gasteiger partial charge is 0.339 e. The first kappa shape index (κ1) is 19.4. The first-order valence-electron chi connectivity index (χ1n) is 7.69. The van der Waals surface area contributed by atoms with Gasteiger partial charge >= 0.3 is 12.4 Å². The molecule has 0 saturated heterocycles. The fourth-order valence-electron chi connectivity index (χ4n) is 2.24. The van der Waals surface area contributed by atoms with Gasteiger partial charge in [0.25, 0.3) is 0 Å². The second kappa shape index (κ2) is 7.33. The van der Waals surface area contributed by atoms with Crippen molar-refractivity contribution < 1.29 is 26.3 Å². The van der Waals surface area contributed by atoms with Crippen molar-refractivity contribution in [3.8, 4) is 0 Å². The van der Waals surface area contributed by atoms with Crippen molar-refractivity contribution in [2.45, 2.75) is 12.4 Å². The normalized spacial score (nSPS) is 11.9. The minimum atomic E-state index is -4.51. The summed E-state index contributed by atoms with van der Waals surface area (Å²) in [5.74, 6) is -0.0694. The van der Waals surface area contributed by atoms with Gasteiger partial charge in [-0.05, 0) is 36.4 Å². The molecule has 0 fully saturated rings. The molecule has 0 aliphatic rings. The van der Waals surface area contributed by atoms with Crippen molar-refractivity contribution in [2.24, 2.45) is 0 Å². The summed E-state index contributed by atoms with van der Waals surface area (Å²) in [6.45, 7) is 0. The fourth-order valence-corrected chi connectivity index (χ4v) is 2.24.